The maximum absolute atomic E-state index is 11.5. The fourth-order valence-corrected chi connectivity index (χ4v) is 3.65. The molecule has 0 bridgehead atoms. The number of allylic oxidation sites excluding steroid dienone is 2. The molecule has 138 valence electrons. The summed E-state index contributed by atoms with van der Waals surface area (Å²) in [7, 11) is 0. The molecule has 0 fully saturated rings. The molecule has 2 aliphatic rings. The minimum Gasteiger partial charge on any atom is -0.384 e. The number of aromatic nitrogens is 1. The summed E-state index contributed by atoms with van der Waals surface area (Å²) in [6, 6.07) is 10.1. The van der Waals surface area contributed by atoms with E-state index in [0.29, 0.717) is 6.41 Å². The van der Waals surface area contributed by atoms with E-state index in [2.05, 4.69) is 53.0 Å². The average molecular weight is 361 g/mol. The van der Waals surface area contributed by atoms with Gasteiger partial charge in [0.15, 0.2) is 0 Å². The summed E-state index contributed by atoms with van der Waals surface area (Å²) >= 11 is 0. The Morgan fingerprint density at radius 1 is 1.19 bits per heavy atom. The molecule has 1 amide bonds. The van der Waals surface area contributed by atoms with E-state index in [4.69, 9.17) is 0 Å². The highest BCUT2D eigenvalue weighted by Gasteiger charge is 2.36. The number of nitrogens with one attached hydrogen (secondary N) is 3. The summed E-state index contributed by atoms with van der Waals surface area (Å²) in [5.41, 5.74) is 4.36. The predicted molar refractivity (Wildman–Crippen MR) is 109 cm³/mol. The molecule has 6 heteroatoms. The van der Waals surface area contributed by atoms with Crippen molar-refractivity contribution in [1.82, 2.24) is 10.3 Å². The highest BCUT2D eigenvalue weighted by molar-refractivity contribution is 5.71. The van der Waals surface area contributed by atoms with Crippen molar-refractivity contribution in [3.8, 4) is 0 Å². The lowest BCUT2D eigenvalue weighted by molar-refractivity contribution is -0.110. The van der Waals surface area contributed by atoms with Crippen molar-refractivity contribution in [2.45, 2.75) is 25.0 Å². The zero-order chi connectivity index (χ0) is 18.9. The number of carbonyl (C=O) groups excluding carboxylic acids is 1. The first-order chi connectivity index (χ1) is 13.0. The number of fused-ring (bicyclic) bond motifs is 1. The van der Waals surface area contributed by atoms with Gasteiger partial charge in [-0.05, 0) is 42.0 Å². The van der Waals surface area contributed by atoms with Crippen LogP contribution in [-0.2, 0) is 10.2 Å². The van der Waals surface area contributed by atoms with Gasteiger partial charge in [0.05, 0.1) is 0 Å². The number of nitrogens with zero attached hydrogens (tertiary/aromatic N) is 2. The first kappa shape index (κ1) is 17.1. The molecule has 3 N–H and O–H groups in total. The van der Waals surface area contributed by atoms with Crippen LogP contribution in [0.5, 0.6) is 0 Å². The maximum Gasteiger partial charge on any atom is 0.213 e. The monoisotopic (exact) mass is 361 g/mol. The topological polar surface area (TPSA) is 69.3 Å². The maximum atomic E-state index is 11.5. The normalized spacial score (nSPS) is 22.1. The Morgan fingerprint density at radius 2 is 2.00 bits per heavy atom. The lowest BCUT2D eigenvalue weighted by Crippen LogP contribution is -2.61. The smallest absolute Gasteiger partial charge is 0.213 e. The van der Waals surface area contributed by atoms with Gasteiger partial charge in [0.25, 0.3) is 0 Å². The van der Waals surface area contributed by atoms with E-state index in [1.165, 1.54) is 5.56 Å². The van der Waals surface area contributed by atoms with Crippen LogP contribution in [0.25, 0.3) is 0 Å². The number of benzene rings is 1. The molecule has 2 aromatic rings. The summed E-state index contributed by atoms with van der Waals surface area (Å²) in [5, 5.41) is 9.84. The first-order valence-corrected chi connectivity index (χ1v) is 8.97. The lowest BCUT2D eigenvalue weighted by atomic mass is 9.87. The quantitative estimate of drug-likeness (QED) is 0.564. The Bertz CT molecular complexity index is 906. The third-order valence-electron chi connectivity index (χ3n) is 5.09. The molecule has 0 spiro atoms. The third-order valence-corrected chi connectivity index (χ3v) is 5.09. The zero-order valence-corrected chi connectivity index (χ0v) is 15.4. The van der Waals surface area contributed by atoms with Gasteiger partial charge in [-0.2, -0.15) is 0 Å². The van der Waals surface area contributed by atoms with Crippen molar-refractivity contribution < 1.29 is 4.79 Å². The molecule has 0 saturated heterocycles. The molecule has 1 aromatic heterocycles. The first-order valence-electron chi connectivity index (χ1n) is 8.97. The highest BCUT2D eigenvalue weighted by atomic mass is 16.1. The van der Waals surface area contributed by atoms with Crippen molar-refractivity contribution >= 4 is 23.5 Å². The molecule has 1 unspecified atom stereocenters. The van der Waals surface area contributed by atoms with Crippen LogP contribution in [0.15, 0.2) is 67.2 Å². The van der Waals surface area contributed by atoms with E-state index in [0.717, 1.165) is 23.6 Å². The van der Waals surface area contributed by atoms with Crippen molar-refractivity contribution in [3.05, 3.63) is 72.7 Å². The molecule has 6 nitrogen and oxygen atoms in total. The van der Waals surface area contributed by atoms with Gasteiger partial charge in [0.1, 0.15) is 0 Å². The molecule has 1 aromatic carbocycles. The fourth-order valence-electron chi connectivity index (χ4n) is 3.65. The Morgan fingerprint density at radius 3 is 2.78 bits per heavy atom. The van der Waals surface area contributed by atoms with E-state index < -0.39 is 5.79 Å². The Hall–Kier alpha value is -3.28. The van der Waals surface area contributed by atoms with Crippen LogP contribution in [-0.4, -0.2) is 23.7 Å². The molecule has 2 aliphatic heterocycles. The van der Waals surface area contributed by atoms with Crippen LogP contribution in [0.1, 0.15) is 19.4 Å². The van der Waals surface area contributed by atoms with Crippen molar-refractivity contribution in [2.24, 2.45) is 0 Å². The second-order valence-electron chi connectivity index (χ2n) is 7.43. The largest absolute Gasteiger partial charge is 0.384 e. The second kappa shape index (κ2) is 6.46. The second-order valence-corrected chi connectivity index (χ2v) is 7.43. The number of pyridine rings is 1. The Labute approximate surface area is 159 Å². The Balaban J connectivity index is 1.74. The predicted octanol–water partition coefficient (Wildman–Crippen LogP) is 3.19. The SMILES string of the molecule is CC1(C)CNc2cc(N3C=CC=CC3(NC=O)Nc3ccncc3)ccc21. The highest BCUT2D eigenvalue weighted by Crippen LogP contribution is 2.39. The van der Waals surface area contributed by atoms with Crippen LogP contribution in [0, 0.1) is 0 Å². The van der Waals surface area contributed by atoms with Crippen LogP contribution in [0.3, 0.4) is 0 Å². The van der Waals surface area contributed by atoms with Crippen LogP contribution >= 0.6 is 0 Å². The van der Waals surface area contributed by atoms with Gasteiger partial charge in [-0.25, -0.2) is 0 Å². The minimum atomic E-state index is -0.916. The molecule has 4 rings (SSSR count). The zero-order valence-electron chi connectivity index (χ0n) is 15.4. The molecule has 1 atom stereocenters. The van der Waals surface area contributed by atoms with Crippen LogP contribution in [0.4, 0.5) is 17.1 Å². The molecule has 3 heterocycles. The number of carbonyl (C=O) groups is 1. The van der Waals surface area contributed by atoms with Gasteiger partial charge in [-0.3, -0.25) is 9.78 Å². The summed E-state index contributed by atoms with van der Waals surface area (Å²) in [5.74, 6) is -0.916. The molecular formula is C21H23N5O. The fraction of sp³-hybridized carbons (Fsp3) is 0.238. The van der Waals surface area contributed by atoms with Gasteiger partial charge >= 0.3 is 0 Å². The van der Waals surface area contributed by atoms with Crippen LogP contribution in [0.2, 0.25) is 0 Å². The third kappa shape index (κ3) is 3.03. The summed E-state index contributed by atoms with van der Waals surface area (Å²) in [6.45, 7) is 5.38. The molecule has 0 aliphatic carbocycles. The molecule has 27 heavy (non-hydrogen) atoms. The van der Waals surface area contributed by atoms with E-state index in [1.54, 1.807) is 12.4 Å². The molecule has 0 saturated carbocycles. The number of rotatable bonds is 5. The lowest BCUT2D eigenvalue weighted by Gasteiger charge is -2.43. The van der Waals surface area contributed by atoms with Crippen molar-refractivity contribution in [3.63, 3.8) is 0 Å². The number of hydrogen-bond acceptors (Lipinski definition) is 5. The van der Waals surface area contributed by atoms with Gasteiger partial charge < -0.3 is 20.9 Å². The summed E-state index contributed by atoms with van der Waals surface area (Å²) in [4.78, 5) is 17.5. The molecule has 0 radical (unpaired) electrons. The van der Waals surface area contributed by atoms with Crippen molar-refractivity contribution in [1.29, 1.82) is 0 Å². The average Bonchev–Trinajstić information content (AvgIpc) is 2.97. The van der Waals surface area contributed by atoms with Gasteiger partial charge in [0, 0.05) is 47.6 Å². The van der Waals surface area contributed by atoms with E-state index >= 15 is 0 Å². The van der Waals surface area contributed by atoms with E-state index in [9.17, 15) is 4.79 Å². The number of hydrogen-bond donors (Lipinski definition) is 3. The minimum absolute atomic E-state index is 0.110. The van der Waals surface area contributed by atoms with Gasteiger partial charge in [-0.15, -0.1) is 0 Å². The van der Waals surface area contributed by atoms with Gasteiger partial charge in [-0.1, -0.05) is 26.0 Å². The number of amides is 1. The summed E-state index contributed by atoms with van der Waals surface area (Å²) < 4.78 is 0. The van der Waals surface area contributed by atoms with E-state index in [-0.39, 0.29) is 5.41 Å². The Kier molecular flexibility index (Phi) is 4.11. The van der Waals surface area contributed by atoms with Crippen LogP contribution < -0.4 is 20.9 Å². The number of anilines is 3. The van der Waals surface area contributed by atoms with Gasteiger partial charge in [0.2, 0.25) is 12.2 Å². The molecular weight excluding hydrogens is 338 g/mol. The van der Waals surface area contributed by atoms with E-state index in [1.807, 2.05) is 41.5 Å². The summed E-state index contributed by atoms with van der Waals surface area (Å²) in [6.07, 6.45) is 11.9. The standard InChI is InChI=1S/C21H23N5O/c1-20(2)14-23-19-13-17(5-6-18(19)20)26-12-4-3-9-21(26,24-15-27)25-16-7-10-22-11-8-16/h3-13,15,23H,14H2,1-2H3,(H,22,25)(H,24,27). The van der Waals surface area contributed by atoms with Crippen molar-refractivity contribution in [2.75, 3.05) is 22.1 Å².